The van der Waals surface area contributed by atoms with E-state index in [1.807, 2.05) is 72.8 Å². The number of nitrogens with zero attached hydrogens (tertiary/aromatic N) is 2. The summed E-state index contributed by atoms with van der Waals surface area (Å²) in [4.78, 5) is 14.6. The van der Waals surface area contributed by atoms with Crippen LogP contribution in [0.5, 0.6) is 0 Å². The second kappa shape index (κ2) is 10.1. The summed E-state index contributed by atoms with van der Waals surface area (Å²) in [6.45, 7) is 2.71. The minimum absolute atomic E-state index is 0.0485. The van der Waals surface area contributed by atoms with Crippen LogP contribution in [0.4, 0.5) is 5.69 Å². The Balaban J connectivity index is 1.21. The normalized spacial score (nSPS) is 15.1. The van der Waals surface area contributed by atoms with Gasteiger partial charge in [0.15, 0.2) is 0 Å². The van der Waals surface area contributed by atoms with Gasteiger partial charge >= 0.3 is 0 Å². The summed E-state index contributed by atoms with van der Waals surface area (Å²) < 4.78 is 27.0. The van der Waals surface area contributed by atoms with Crippen molar-refractivity contribution in [1.29, 1.82) is 0 Å². The largest absolute Gasteiger partial charge is 0.369 e. The third-order valence-electron chi connectivity index (χ3n) is 5.89. The molecule has 0 atom stereocenters. The van der Waals surface area contributed by atoms with E-state index >= 15 is 0 Å². The molecular weight excluding hydrogens is 422 g/mol. The Morgan fingerprint density at radius 2 is 1.53 bits per heavy atom. The topological polar surface area (TPSA) is 69.7 Å². The van der Waals surface area contributed by atoms with Gasteiger partial charge < -0.3 is 10.2 Å². The van der Waals surface area contributed by atoms with Gasteiger partial charge in [0.1, 0.15) is 0 Å². The highest BCUT2D eigenvalue weighted by molar-refractivity contribution is 7.89. The van der Waals surface area contributed by atoms with Crippen LogP contribution in [0.25, 0.3) is 10.8 Å². The molecule has 0 aliphatic carbocycles. The van der Waals surface area contributed by atoms with E-state index in [1.165, 1.54) is 0 Å². The number of carbonyl (C=O) groups is 1. The average molecular weight is 452 g/mol. The number of hydrogen-bond acceptors (Lipinski definition) is 4. The van der Waals surface area contributed by atoms with E-state index in [1.54, 1.807) is 4.31 Å². The summed E-state index contributed by atoms with van der Waals surface area (Å²) in [6, 6.07) is 24.0. The smallest absolute Gasteiger partial charge is 0.224 e. The summed E-state index contributed by atoms with van der Waals surface area (Å²) >= 11 is 0. The Labute approximate surface area is 189 Å². The minimum atomic E-state index is -3.32. The van der Waals surface area contributed by atoms with Gasteiger partial charge in [0.05, 0.1) is 12.2 Å². The number of fused-ring (bicyclic) bond motifs is 1. The van der Waals surface area contributed by atoms with Crippen LogP contribution in [-0.2, 0) is 21.2 Å². The number of benzene rings is 3. The fourth-order valence-electron chi connectivity index (χ4n) is 4.16. The summed E-state index contributed by atoms with van der Waals surface area (Å²) in [5.74, 6) is -0.0393. The Kier molecular flexibility index (Phi) is 7.07. The lowest BCUT2D eigenvalue weighted by Crippen LogP contribution is -2.49. The van der Waals surface area contributed by atoms with Gasteiger partial charge in [-0.05, 0) is 34.9 Å². The van der Waals surface area contributed by atoms with Crippen molar-refractivity contribution in [3.05, 3.63) is 78.4 Å². The Morgan fingerprint density at radius 3 is 2.31 bits per heavy atom. The molecule has 3 aromatic carbocycles. The Hall–Kier alpha value is -2.90. The monoisotopic (exact) mass is 451 g/mol. The molecule has 32 heavy (non-hydrogen) atoms. The van der Waals surface area contributed by atoms with Crippen LogP contribution < -0.4 is 10.2 Å². The summed E-state index contributed by atoms with van der Waals surface area (Å²) in [7, 11) is -3.32. The zero-order valence-electron chi connectivity index (χ0n) is 18.1. The van der Waals surface area contributed by atoms with Gasteiger partial charge in [-0.25, -0.2) is 8.42 Å². The van der Waals surface area contributed by atoms with Crippen LogP contribution in [0.3, 0.4) is 0 Å². The lowest BCUT2D eigenvalue weighted by molar-refractivity contribution is -0.120. The number of piperazine rings is 1. The van der Waals surface area contributed by atoms with Crippen molar-refractivity contribution >= 4 is 32.4 Å². The number of nitrogens with one attached hydrogen (secondary N) is 1. The molecule has 0 saturated carbocycles. The molecule has 1 N–H and O–H groups in total. The molecule has 0 spiro atoms. The first-order chi connectivity index (χ1) is 15.5. The number of sulfonamides is 1. The van der Waals surface area contributed by atoms with Crippen molar-refractivity contribution in [2.24, 2.45) is 0 Å². The number of amides is 1. The number of rotatable bonds is 8. The van der Waals surface area contributed by atoms with Gasteiger partial charge in [-0.1, -0.05) is 60.7 Å². The lowest BCUT2D eigenvalue weighted by Gasteiger charge is -2.35. The number of anilines is 1. The molecule has 3 aromatic rings. The molecule has 0 bridgehead atoms. The maximum absolute atomic E-state index is 12.7. The molecule has 6 nitrogen and oxygen atoms in total. The van der Waals surface area contributed by atoms with Gasteiger partial charge in [-0.3, -0.25) is 4.79 Å². The van der Waals surface area contributed by atoms with Crippen LogP contribution >= 0.6 is 0 Å². The van der Waals surface area contributed by atoms with Crippen LogP contribution in [0, 0.1) is 0 Å². The molecule has 1 aliphatic heterocycles. The molecule has 168 valence electrons. The molecule has 0 aromatic heterocycles. The maximum atomic E-state index is 12.7. The SMILES string of the molecule is O=C(Cc1cccc2ccccc12)NCCCS(=O)(=O)N1CCN(c2ccccc2)CC1. The molecule has 7 heteroatoms. The summed E-state index contributed by atoms with van der Waals surface area (Å²) in [6.07, 6.45) is 0.693. The highest BCUT2D eigenvalue weighted by Crippen LogP contribution is 2.19. The fraction of sp³-hybridized carbons (Fsp3) is 0.320. The standard InChI is InChI=1S/C25H29N3O3S/c29-25(20-22-10-6-9-21-8-4-5-13-24(21)22)26-14-7-19-32(30,31)28-17-15-27(16-18-28)23-11-2-1-3-12-23/h1-6,8-13H,7,14-20H2,(H,26,29). The van der Waals surface area contributed by atoms with Crippen molar-refractivity contribution in [2.75, 3.05) is 43.4 Å². The van der Waals surface area contributed by atoms with Crippen LogP contribution in [0.1, 0.15) is 12.0 Å². The lowest BCUT2D eigenvalue weighted by atomic mass is 10.0. The molecule has 1 aliphatic rings. The average Bonchev–Trinajstić information content (AvgIpc) is 2.83. The van der Waals surface area contributed by atoms with Crippen LogP contribution in [-0.4, -0.2) is 57.1 Å². The second-order valence-corrected chi connectivity index (χ2v) is 10.1. The molecule has 1 saturated heterocycles. The van der Waals surface area contributed by atoms with E-state index < -0.39 is 10.0 Å². The van der Waals surface area contributed by atoms with Gasteiger partial charge in [0, 0.05) is 38.4 Å². The number of carbonyl (C=O) groups excluding carboxylic acids is 1. The predicted octanol–water partition coefficient (Wildman–Crippen LogP) is 3.04. The third kappa shape index (κ3) is 5.47. The first-order valence-electron chi connectivity index (χ1n) is 11.0. The Morgan fingerprint density at radius 1 is 0.844 bits per heavy atom. The number of hydrogen-bond donors (Lipinski definition) is 1. The first-order valence-corrected chi connectivity index (χ1v) is 12.6. The first kappa shape index (κ1) is 22.3. The molecule has 4 rings (SSSR count). The van der Waals surface area contributed by atoms with E-state index in [2.05, 4.69) is 10.2 Å². The molecule has 0 radical (unpaired) electrons. The van der Waals surface area contributed by atoms with Crippen molar-refractivity contribution in [3.63, 3.8) is 0 Å². The van der Waals surface area contributed by atoms with Gasteiger partial charge in [-0.15, -0.1) is 0 Å². The second-order valence-electron chi connectivity index (χ2n) is 8.06. The van der Waals surface area contributed by atoms with Crippen molar-refractivity contribution < 1.29 is 13.2 Å². The zero-order valence-corrected chi connectivity index (χ0v) is 18.9. The highest BCUT2D eigenvalue weighted by atomic mass is 32.2. The van der Waals surface area contributed by atoms with Crippen LogP contribution in [0.15, 0.2) is 72.8 Å². The van der Waals surface area contributed by atoms with Gasteiger partial charge in [0.2, 0.25) is 15.9 Å². The minimum Gasteiger partial charge on any atom is -0.369 e. The Bertz CT molecular complexity index is 1150. The van der Waals surface area contributed by atoms with E-state index in [0.717, 1.165) is 22.0 Å². The van der Waals surface area contributed by atoms with Crippen molar-refractivity contribution in [2.45, 2.75) is 12.8 Å². The van der Waals surface area contributed by atoms with E-state index in [4.69, 9.17) is 0 Å². The van der Waals surface area contributed by atoms with Crippen molar-refractivity contribution in [3.8, 4) is 0 Å². The quantitative estimate of drug-likeness (QED) is 0.535. The third-order valence-corrected chi connectivity index (χ3v) is 7.84. The number of para-hydroxylation sites is 1. The predicted molar refractivity (Wildman–Crippen MR) is 129 cm³/mol. The molecule has 1 heterocycles. The van der Waals surface area contributed by atoms with Crippen molar-refractivity contribution in [1.82, 2.24) is 9.62 Å². The summed E-state index contributed by atoms with van der Waals surface area (Å²) in [5.41, 5.74) is 2.10. The van der Waals surface area contributed by atoms with E-state index in [0.29, 0.717) is 39.1 Å². The maximum Gasteiger partial charge on any atom is 0.224 e. The highest BCUT2D eigenvalue weighted by Gasteiger charge is 2.26. The molecular formula is C25H29N3O3S. The zero-order chi connectivity index (χ0) is 22.4. The molecule has 1 fully saturated rings. The van der Waals surface area contributed by atoms with Gasteiger partial charge in [0.25, 0.3) is 0 Å². The van der Waals surface area contributed by atoms with E-state index in [-0.39, 0.29) is 18.1 Å². The van der Waals surface area contributed by atoms with E-state index in [9.17, 15) is 13.2 Å². The molecule has 0 unspecified atom stereocenters. The molecule has 1 amide bonds. The summed E-state index contributed by atoms with van der Waals surface area (Å²) in [5, 5.41) is 5.05. The van der Waals surface area contributed by atoms with Gasteiger partial charge in [-0.2, -0.15) is 4.31 Å². The van der Waals surface area contributed by atoms with Crippen LogP contribution in [0.2, 0.25) is 0 Å². The fourth-order valence-corrected chi connectivity index (χ4v) is 5.64.